The highest BCUT2D eigenvalue weighted by Crippen LogP contribution is 2.19. The molecule has 1 N–H and O–H groups in total. The summed E-state index contributed by atoms with van der Waals surface area (Å²) in [6.07, 6.45) is -0.0439. The molecule has 0 aliphatic carbocycles. The average Bonchev–Trinajstić information content (AvgIpc) is 2.48. The Bertz CT molecular complexity index is 610. The van der Waals surface area contributed by atoms with Crippen molar-refractivity contribution < 1.29 is 13.9 Å². The van der Waals surface area contributed by atoms with E-state index in [1.54, 1.807) is 0 Å². The first-order valence-electron chi connectivity index (χ1n) is 6.89. The average molecular weight is 287 g/mol. The van der Waals surface area contributed by atoms with Gasteiger partial charge in [0.15, 0.2) is 6.10 Å². The minimum atomic E-state index is -0.587. The normalized spacial score (nSPS) is 11.8. The molecule has 110 valence electrons. The van der Waals surface area contributed by atoms with Crippen molar-refractivity contribution in [2.75, 3.05) is 5.32 Å². The number of halogens is 1. The number of rotatable bonds is 5. The third-order valence-electron chi connectivity index (χ3n) is 3.14. The molecule has 2 rings (SSSR count). The highest BCUT2D eigenvalue weighted by atomic mass is 19.1. The summed E-state index contributed by atoms with van der Waals surface area (Å²) in [6, 6.07) is 13.2. The first kappa shape index (κ1) is 15.0. The van der Waals surface area contributed by atoms with E-state index in [9.17, 15) is 9.18 Å². The van der Waals surface area contributed by atoms with Crippen molar-refractivity contribution >= 4 is 11.6 Å². The van der Waals surface area contributed by atoms with E-state index >= 15 is 0 Å². The van der Waals surface area contributed by atoms with E-state index < -0.39 is 6.10 Å². The highest BCUT2D eigenvalue weighted by Gasteiger charge is 2.19. The lowest BCUT2D eigenvalue weighted by molar-refractivity contribution is -0.122. The van der Waals surface area contributed by atoms with Crippen LogP contribution >= 0.6 is 0 Å². The fourth-order valence-corrected chi connectivity index (χ4v) is 1.92. The number of para-hydroxylation sites is 1. The second-order valence-electron chi connectivity index (χ2n) is 4.78. The third-order valence-corrected chi connectivity index (χ3v) is 3.14. The van der Waals surface area contributed by atoms with Crippen LogP contribution in [0.5, 0.6) is 5.75 Å². The summed E-state index contributed by atoms with van der Waals surface area (Å²) in [4.78, 5) is 12.2. The molecule has 2 aromatic carbocycles. The fraction of sp³-hybridized carbons (Fsp3) is 0.235. The Balaban J connectivity index is 2.05. The van der Waals surface area contributed by atoms with Gasteiger partial charge in [-0.2, -0.15) is 0 Å². The van der Waals surface area contributed by atoms with Gasteiger partial charge in [-0.25, -0.2) is 4.39 Å². The van der Waals surface area contributed by atoms with Crippen LogP contribution in [0.2, 0.25) is 0 Å². The van der Waals surface area contributed by atoms with Crippen LogP contribution in [-0.4, -0.2) is 12.0 Å². The number of anilines is 1. The van der Waals surface area contributed by atoms with Crippen LogP contribution < -0.4 is 10.1 Å². The van der Waals surface area contributed by atoms with Gasteiger partial charge in [0, 0.05) is 5.69 Å². The van der Waals surface area contributed by atoms with Crippen molar-refractivity contribution in [1.82, 2.24) is 0 Å². The van der Waals surface area contributed by atoms with Gasteiger partial charge in [0.05, 0.1) is 0 Å². The van der Waals surface area contributed by atoms with Gasteiger partial charge in [-0.3, -0.25) is 4.79 Å². The number of nitrogens with one attached hydrogen (secondary N) is 1. The van der Waals surface area contributed by atoms with Crippen molar-refractivity contribution in [2.45, 2.75) is 26.4 Å². The molecule has 0 heterocycles. The number of carbonyl (C=O) groups is 1. The van der Waals surface area contributed by atoms with Crippen LogP contribution in [0.1, 0.15) is 18.9 Å². The Morgan fingerprint density at radius 3 is 2.48 bits per heavy atom. The quantitative estimate of drug-likeness (QED) is 0.905. The predicted octanol–water partition coefficient (Wildman–Crippen LogP) is 3.93. The smallest absolute Gasteiger partial charge is 0.265 e. The van der Waals surface area contributed by atoms with Crippen molar-refractivity contribution in [3.05, 3.63) is 59.9 Å². The molecule has 1 unspecified atom stereocenters. The van der Waals surface area contributed by atoms with E-state index in [2.05, 4.69) is 5.32 Å². The molecule has 3 nitrogen and oxygen atoms in total. The number of benzene rings is 2. The maximum atomic E-state index is 12.8. The number of hydrogen-bond donors (Lipinski definition) is 1. The lowest BCUT2D eigenvalue weighted by atomic mass is 10.2. The second-order valence-corrected chi connectivity index (χ2v) is 4.78. The maximum Gasteiger partial charge on any atom is 0.265 e. The fourth-order valence-electron chi connectivity index (χ4n) is 1.92. The zero-order chi connectivity index (χ0) is 15.2. The summed E-state index contributed by atoms with van der Waals surface area (Å²) in [7, 11) is 0. The SMILES string of the molecule is CCC(Oc1ccccc1C)C(=O)Nc1ccc(F)cc1. The van der Waals surface area contributed by atoms with E-state index in [1.807, 2.05) is 38.1 Å². The molecular weight excluding hydrogens is 269 g/mol. The Hall–Kier alpha value is -2.36. The van der Waals surface area contributed by atoms with Gasteiger partial charge in [0.2, 0.25) is 0 Å². The summed E-state index contributed by atoms with van der Waals surface area (Å²) in [5.41, 5.74) is 1.53. The molecule has 0 aliphatic rings. The van der Waals surface area contributed by atoms with Crippen LogP contribution in [0.15, 0.2) is 48.5 Å². The van der Waals surface area contributed by atoms with Crippen LogP contribution in [0, 0.1) is 12.7 Å². The topological polar surface area (TPSA) is 38.3 Å². The molecule has 2 aromatic rings. The number of ether oxygens (including phenoxy) is 1. The molecule has 0 aromatic heterocycles. The number of carbonyl (C=O) groups excluding carboxylic acids is 1. The molecule has 0 aliphatic heterocycles. The van der Waals surface area contributed by atoms with Gasteiger partial charge in [-0.05, 0) is 49.2 Å². The Morgan fingerprint density at radius 1 is 1.19 bits per heavy atom. The Morgan fingerprint density at radius 2 is 1.86 bits per heavy atom. The lowest BCUT2D eigenvalue weighted by Gasteiger charge is -2.18. The molecule has 0 fully saturated rings. The molecule has 21 heavy (non-hydrogen) atoms. The zero-order valence-electron chi connectivity index (χ0n) is 12.1. The number of amides is 1. The summed E-state index contributed by atoms with van der Waals surface area (Å²) in [5, 5.41) is 2.73. The van der Waals surface area contributed by atoms with E-state index in [1.165, 1.54) is 24.3 Å². The number of hydrogen-bond acceptors (Lipinski definition) is 2. The first-order valence-corrected chi connectivity index (χ1v) is 6.89. The molecule has 0 saturated carbocycles. The van der Waals surface area contributed by atoms with Crippen molar-refractivity contribution in [3.8, 4) is 5.75 Å². The monoisotopic (exact) mass is 287 g/mol. The second kappa shape index (κ2) is 6.88. The van der Waals surface area contributed by atoms with Crippen LogP contribution in [0.4, 0.5) is 10.1 Å². The van der Waals surface area contributed by atoms with Gasteiger partial charge in [0.1, 0.15) is 11.6 Å². The molecule has 1 atom stereocenters. The maximum absolute atomic E-state index is 12.8. The molecule has 0 bridgehead atoms. The van der Waals surface area contributed by atoms with E-state index in [4.69, 9.17) is 4.74 Å². The molecule has 1 amide bonds. The molecule has 4 heteroatoms. The summed E-state index contributed by atoms with van der Waals surface area (Å²) in [6.45, 7) is 3.81. The highest BCUT2D eigenvalue weighted by molar-refractivity contribution is 5.94. The molecule has 0 radical (unpaired) electrons. The Labute approximate surface area is 123 Å². The van der Waals surface area contributed by atoms with E-state index in [0.29, 0.717) is 17.9 Å². The number of aryl methyl sites for hydroxylation is 1. The van der Waals surface area contributed by atoms with Crippen LogP contribution in [-0.2, 0) is 4.79 Å². The van der Waals surface area contributed by atoms with Crippen LogP contribution in [0.25, 0.3) is 0 Å². The van der Waals surface area contributed by atoms with Crippen molar-refractivity contribution in [2.24, 2.45) is 0 Å². The van der Waals surface area contributed by atoms with Gasteiger partial charge >= 0.3 is 0 Å². The van der Waals surface area contributed by atoms with Gasteiger partial charge in [-0.1, -0.05) is 25.1 Å². The Kier molecular flexibility index (Phi) is 4.93. The van der Waals surface area contributed by atoms with Crippen LogP contribution in [0.3, 0.4) is 0 Å². The van der Waals surface area contributed by atoms with E-state index in [0.717, 1.165) is 5.56 Å². The summed E-state index contributed by atoms with van der Waals surface area (Å²) >= 11 is 0. The summed E-state index contributed by atoms with van der Waals surface area (Å²) < 4.78 is 18.6. The summed E-state index contributed by atoms with van der Waals surface area (Å²) in [5.74, 6) is 0.113. The largest absolute Gasteiger partial charge is 0.480 e. The standard InChI is InChI=1S/C17H18FNO2/c1-3-15(21-16-7-5-4-6-12(16)2)17(20)19-14-10-8-13(18)9-11-14/h4-11,15H,3H2,1-2H3,(H,19,20). The van der Waals surface area contributed by atoms with Gasteiger partial charge in [-0.15, -0.1) is 0 Å². The molecule has 0 saturated heterocycles. The minimum absolute atomic E-state index is 0.243. The molecular formula is C17H18FNO2. The third kappa shape index (κ3) is 4.05. The first-order chi connectivity index (χ1) is 10.1. The zero-order valence-corrected chi connectivity index (χ0v) is 12.1. The minimum Gasteiger partial charge on any atom is -0.480 e. The van der Waals surface area contributed by atoms with Crippen molar-refractivity contribution in [1.29, 1.82) is 0 Å². The van der Waals surface area contributed by atoms with E-state index in [-0.39, 0.29) is 11.7 Å². The molecule has 0 spiro atoms. The lowest BCUT2D eigenvalue weighted by Crippen LogP contribution is -2.32. The predicted molar refractivity (Wildman–Crippen MR) is 80.9 cm³/mol. The van der Waals surface area contributed by atoms with Gasteiger partial charge < -0.3 is 10.1 Å². The van der Waals surface area contributed by atoms with Gasteiger partial charge in [0.25, 0.3) is 5.91 Å². The van der Waals surface area contributed by atoms with Crippen molar-refractivity contribution in [3.63, 3.8) is 0 Å².